The third-order valence-electron chi connectivity index (χ3n) is 1.98. The van der Waals surface area contributed by atoms with E-state index in [1.165, 1.54) is 0 Å². The van der Waals surface area contributed by atoms with Crippen LogP contribution in [0.15, 0.2) is 30.5 Å². The van der Waals surface area contributed by atoms with Crippen molar-refractivity contribution < 1.29 is 9.53 Å². The fourth-order valence-corrected chi connectivity index (χ4v) is 1.28. The van der Waals surface area contributed by atoms with Crippen LogP contribution in [-0.4, -0.2) is 5.91 Å². The standard InChI is InChI=1S/C10H9NO2/c11-10(12)8-4-3-7-2-1-5-13-9(7)6-8/h1,3-6H,2H2,(H2,11,12). The topological polar surface area (TPSA) is 52.3 Å². The first kappa shape index (κ1) is 7.86. The molecule has 0 saturated heterocycles. The molecule has 0 spiro atoms. The molecule has 2 N–H and O–H groups in total. The summed E-state index contributed by atoms with van der Waals surface area (Å²) < 4.78 is 5.23. The first-order valence-corrected chi connectivity index (χ1v) is 4.02. The zero-order chi connectivity index (χ0) is 9.26. The van der Waals surface area contributed by atoms with Gasteiger partial charge in [0.1, 0.15) is 5.75 Å². The zero-order valence-corrected chi connectivity index (χ0v) is 6.99. The van der Waals surface area contributed by atoms with E-state index in [-0.39, 0.29) is 0 Å². The van der Waals surface area contributed by atoms with Gasteiger partial charge >= 0.3 is 0 Å². The number of benzene rings is 1. The molecule has 0 fully saturated rings. The Balaban J connectivity index is 2.44. The lowest BCUT2D eigenvalue weighted by atomic mass is 10.1. The minimum atomic E-state index is -0.430. The summed E-state index contributed by atoms with van der Waals surface area (Å²) in [5, 5.41) is 0. The van der Waals surface area contributed by atoms with Crippen molar-refractivity contribution in [3.8, 4) is 5.75 Å². The highest BCUT2D eigenvalue weighted by Gasteiger charge is 2.09. The van der Waals surface area contributed by atoms with Crippen LogP contribution in [0.3, 0.4) is 0 Å². The number of carbonyl (C=O) groups excluding carboxylic acids is 1. The van der Waals surface area contributed by atoms with Gasteiger partial charge in [-0.3, -0.25) is 4.79 Å². The first-order valence-electron chi connectivity index (χ1n) is 4.02. The number of amides is 1. The van der Waals surface area contributed by atoms with Crippen molar-refractivity contribution in [3.05, 3.63) is 41.7 Å². The van der Waals surface area contributed by atoms with Crippen LogP contribution in [0.5, 0.6) is 5.75 Å². The lowest BCUT2D eigenvalue weighted by Gasteiger charge is -2.11. The number of hydrogen-bond acceptors (Lipinski definition) is 2. The van der Waals surface area contributed by atoms with E-state index in [9.17, 15) is 4.79 Å². The van der Waals surface area contributed by atoms with E-state index >= 15 is 0 Å². The maximum Gasteiger partial charge on any atom is 0.248 e. The molecule has 0 aliphatic carbocycles. The average molecular weight is 175 g/mol. The van der Waals surface area contributed by atoms with Crippen molar-refractivity contribution >= 4 is 5.91 Å². The molecular formula is C10H9NO2. The number of ether oxygens (including phenoxy) is 1. The lowest BCUT2D eigenvalue weighted by molar-refractivity contribution is 0.1000. The van der Waals surface area contributed by atoms with E-state index in [2.05, 4.69) is 0 Å². The van der Waals surface area contributed by atoms with E-state index < -0.39 is 5.91 Å². The molecule has 0 unspecified atom stereocenters. The Morgan fingerprint density at radius 1 is 1.46 bits per heavy atom. The predicted molar refractivity (Wildman–Crippen MR) is 48.4 cm³/mol. The second-order valence-corrected chi connectivity index (χ2v) is 2.88. The fraction of sp³-hybridized carbons (Fsp3) is 0.100. The molecule has 13 heavy (non-hydrogen) atoms. The molecule has 1 aromatic carbocycles. The van der Waals surface area contributed by atoms with Gasteiger partial charge in [-0.1, -0.05) is 6.07 Å². The van der Waals surface area contributed by atoms with Gasteiger partial charge in [0.05, 0.1) is 6.26 Å². The summed E-state index contributed by atoms with van der Waals surface area (Å²) in [6, 6.07) is 5.24. The Morgan fingerprint density at radius 2 is 2.31 bits per heavy atom. The third kappa shape index (κ3) is 1.40. The molecule has 1 aromatic rings. The normalized spacial score (nSPS) is 13.2. The number of rotatable bonds is 1. The minimum Gasteiger partial charge on any atom is -0.465 e. The van der Waals surface area contributed by atoms with Crippen LogP contribution in [0.4, 0.5) is 0 Å². The van der Waals surface area contributed by atoms with Crippen molar-refractivity contribution in [2.24, 2.45) is 5.73 Å². The number of carbonyl (C=O) groups is 1. The highest BCUT2D eigenvalue weighted by atomic mass is 16.5. The van der Waals surface area contributed by atoms with E-state index in [0.717, 1.165) is 17.7 Å². The smallest absolute Gasteiger partial charge is 0.248 e. The Hall–Kier alpha value is -1.77. The highest BCUT2D eigenvalue weighted by molar-refractivity contribution is 5.93. The van der Waals surface area contributed by atoms with Crippen molar-refractivity contribution in [3.63, 3.8) is 0 Å². The second kappa shape index (κ2) is 2.94. The molecule has 0 atom stereocenters. The molecule has 1 heterocycles. The van der Waals surface area contributed by atoms with Gasteiger partial charge in [0.2, 0.25) is 5.91 Å². The van der Waals surface area contributed by atoms with Crippen LogP contribution in [0.1, 0.15) is 15.9 Å². The predicted octanol–water partition coefficient (Wildman–Crippen LogP) is 1.23. The van der Waals surface area contributed by atoms with Crippen LogP contribution in [0.25, 0.3) is 0 Å². The number of fused-ring (bicyclic) bond motifs is 1. The molecular weight excluding hydrogens is 166 g/mol. The van der Waals surface area contributed by atoms with E-state index in [1.807, 2.05) is 12.1 Å². The Kier molecular flexibility index (Phi) is 1.77. The van der Waals surface area contributed by atoms with Gasteiger partial charge in [-0.25, -0.2) is 0 Å². The highest BCUT2D eigenvalue weighted by Crippen LogP contribution is 2.24. The summed E-state index contributed by atoms with van der Waals surface area (Å²) in [6.07, 6.45) is 4.38. The molecule has 0 saturated carbocycles. The van der Waals surface area contributed by atoms with Crippen molar-refractivity contribution in [2.75, 3.05) is 0 Å². The molecule has 3 nitrogen and oxygen atoms in total. The summed E-state index contributed by atoms with van der Waals surface area (Å²) in [7, 11) is 0. The first-order chi connectivity index (χ1) is 6.27. The average Bonchev–Trinajstić information content (AvgIpc) is 2.17. The van der Waals surface area contributed by atoms with Gasteiger partial charge in [-0.15, -0.1) is 0 Å². The maximum atomic E-state index is 10.8. The minimum absolute atomic E-state index is 0.430. The Labute approximate surface area is 75.8 Å². The van der Waals surface area contributed by atoms with Crippen LogP contribution < -0.4 is 10.5 Å². The molecule has 1 aliphatic rings. The molecule has 3 heteroatoms. The number of hydrogen-bond donors (Lipinski definition) is 1. The van der Waals surface area contributed by atoms with Gasteiger partial charge in [-0.2, -0.15) is 0 Å². The van der Waals surface area contributed by atoms with Crippen molar-refractivity contribution in [1.82, 2.24) is 0 Å². The van der Waals surface area contributed by atoms with E-state index in [1.54, 1.807) is 18.4 Å². The molecule has 2 rings (SSSR count). The summed E-state index contributed by atoms with van der Waals surface area (Å²) in [5.74, 6) is 0.291. The number of primary amides is 1. The van der Waals surface area contributed by atoms with Gasteiger partial charge in [0.15, 0.2) is 0 Å². The largest absolute Gasteiger partial charge is 0.465 e. The summed E-state index contributed by atoms with van der Waals surface area (Å²) in [6.45, 7) is 0. The van der Waals surface area contributed by atoms with Gasteiger partial charge in [0, 0.05) is 5.56 Å². The third-order valence-corrected chi connectivity index (χ3v) is 1.98. The molecule has 66 valence electrons. The molecule has 1 amide bonds. The number of nitrogens with two attached hydrogens (primary N) is 1. The van der Waals surface area contributed by atoms with E-state index in [4.69, 9.17) is 10.5 Å². The zero-order valence-electron chi connectivity index (χ0n) is 6.99. The van der Waals surface area contributed by atoms with Crippen LogP contribution >= 0.6 is 0 Å². The molecule has 0 radical (unpaired) electrons. The summed E-state index contributed by atoms with van der Waals surface area (Å²) >= 11 is 0. The second-order valence-electron chi connectivity index (χ2n) is 2.88. The van der Waals surface area contributed by atoms with Crippen LogP contribution in [0.2, 0.25) is 0 Å². The molecule has 0 aromatic heterocycles. The summed E-state index contributed by atoms with van der Waals surface area (Å²) in [5.41, 5.74) is 6.69. The van der Waals surface area contributed by atoms with Crippen molar-refractivity contribution in [2.45, 2.75) is 6.42 Å². The number of allylic oxidation sites excluding steroid dienone is 1. The van der Waals surface area contributed by atoms with Gasteiger partial charge in [-0.05, 0) is 30.2 Å². The van der Waals surface area contributed by atoms with Gasteiger partial charge < -0.3 is 10.5 Å². The maximum absolute atomic E-state index is 10.8. The monoisotopic (exact) mass is 175 g/mol. The SMILES string of the molecule is NC(=O)c1ccc2c(c1)OC=CC2. The van der Waals surface area contributed by atoms with E-state index in [0.29, 0.717) is 5.56 Å². The molecule has 0 bridgehead atoms. The lowest BCUT2D eigenvalue weighted by Crippen LogP contribution is -2.11. The molecule has 1 aliphatic heterocycles. The van der Waals surface area contributed by atoms with Crippen LogP contribution in [-0.2, 0) is 6.42 Å². The fourth-order valence-electron chi connectivity index (χ4n) is 1.28. The Bertz CT molecular complexity index is 383. The summed E-state index contributed by atoms with van der Waals surface area (Å²) in [4.78, 5) is 10.8. The van der Waals surface area contributed by atoms with Gasteiger partial charge in [0.25, 0.3) is 0 Å². The van der Waals surface area contributed by atoms with Crippen LogP contribution in [0, 0.1) is 0 Å². The van der Waals surface area contributed by atoms with Crippen molar-refractivity contribution in [1.29, 1.82) is 0 Å². The quantitative estimate of drug-likeness (QED) is 0.698. The Morgan fingerprint density at radius 3 is 3.08 bits per heavy atom.